The van der Waals surface area contributed by atoms with Gasteiger partial charge >= 0.3 is 0 Å². The van der Waals surface area contributed by atoms with Crippen molar-refractivity contribution in [1.29, 1.82) is 0 Å². The van der Waals surface area contributed by atoms with Crippen LogP contribution in [-0.4, -0.2) is 28.5 Å². The van der Waals surface area contributed by atoms with Crippen LogP contribution < -0.4 is 10.6 Å². The molecule has 156 valence electrons. The number of para-hydroxylation sites is 2. The van der Waals surface area contributed by atoms with E-state index in [-0.39, 0.29) is 48.5 Å². The molecule has 29 heavy (non-hydrogen) atoms. The van der Waals surface area contributed by atoms with Crippen LogP contribution in [0.1, 0.15) is 24.4 Å². The number of aromatic nitrogens is 2. The zero-order valence-corrected chi connectivity index (χ0v) is 17.5. The molecule has 2 heterocycles. The van der Waals surface area contributed by atoms with Crippen molar-refractivity contribution in [3.8, 4) is 0 Å². The van der Waals surface area contributed by atoms with Crippen LogP contribution in [0.25, 0.3) is 11.0 Å². The van der Waals surface area contributed by atoms with Crippen LogP contribution in [0.4, 0.5) is 4.39 Å². The highest BCUT2D eigenvalue weighted by Crippen LogP contribution is 2.21. The lowest BCUT2D eigenvalue weighted by molar-refractivity contribution is -0.126. The van der Waals surface area contributed by atoms with E-state index in [1.165, 1.54) is 12.1 Å². The average Bonchev–Trinajstić information content (AvgIpc) is 3.12. The van der Waals surface area contributed by atoms with Crippen LogP contribution >= 0.6 is 24.8 Å². The molecule has 1 unspecified atom stereocenters. The van der Waals surface area contributed by atoms with Crippen molar-refractivity contribution in [3.05, 3.63) is 66.2 Å². The maximum absolute atomic E-state index is 13.4. The van der Waals surface area contributed by atoms with Gasteiger partial charge in [0.15, 0.2) is 0 Å². The number of piperidine rings is 1. The molecule has 1 saturated heterocycles. The van der Waals surface area contributed by atoms with Crippen LogP contribution in [0.3, 0.4) is 0 Å². The zero-order valence-electron chi connectivity index (χ0n) is 15.9. The molecule has 1 aromatic heterocycles. The molecule has 1 aliphatic heterocycles. The van der Waals surface area contributed by atoms with Gasteiger partial charge in [-0.3, -0.25) is 4.79 Å². The van der Waals surface area contributed by atoms with Gasteiger partial charge in [0.1, 0.15) is 5.82 Å². The quantitative estimate of drug-likeness (QED) is 0.635. The first kappa shape index (κ1) is 23.1. The molecular formula is C21H25Cl2FN4O. The second-order valence-electron chi connectivity index (χ2n) is 7.02. The van der Waals surface area contributed by atoms with Gasteiger partial charge in [-0.2, -0.15) is 0 Å². The number of fused-ring (bicyclic) bond motifs is 1. The summed E-state index contributed by atoms with van der Waals surface area (Å²) < 4.78 is 15.4. The number of carbonyl (C=O) groups is 1. The summed E-state index contributed by atoms with van der Waals surface area (Å²) in [6.45, 7) is 2.28. The number of imidazole rings is 1. The van der Waals surface area contributed by atoms with Gasteiger partial charge in [0, 0.05) is 12.5 Å². The fraction of sp³-hybridized carbons (Fsp3) is 0.333. The van der Waals surface area contributed by atoms with Gasteiger partial charge in [-0.1, -0.05) is 24.3 Å². The Labute approximate surface area is 181 Å². The molecule has 0 saturated carbocycles. The first-order valence-corrected chi connectivity index (χ1v) is 9.37. The molecule has 0 radical (unpaired) electrons. The van der Waals surface area contributed by atoms with E-state index < -0.39 is 0 Å². The molecule has 1 aliphatic rings. The molecule has 0 spiro atoms. The van der Waals surface area contributed by atoms with Gasteiger partial charge in [0.2, 0.25) is 5.91 Å². The van der Waals surface area contributed by atoms with Gasteiger partial charge < -0.3 is 15.2 Å². The van der Waals surface area contributed by atoms with E-state index in [9.17, 15) is 9.18 Å². The van der Waals surface area contributed by atoms with Gasteiger partial charge in [0.25, 0.3) is 0 Å². The van der Waals surface area contributed by atoms with Crippen molar-refractivity contribution in [2.75, 3.05) is 13.1 Å². The highest BCUT2D eigenvalue weighted by atomic mass is 35.5. The molecule has 8 heteroatoms. The van der Waals surface area contributed by atoms with Crippen LogP contribution in [0.2, 0.25) is 0 Å². The second kappa shape index (κ2) is 10.6. The van der Waals surface area contributed by atoms with E-state index in [1.54, 1.807) is 18.5 Å². The van der Waals surface area contributed by atoms with Crippen LogP contribution in [0, 0.1) is 11.7 Å². The molecule has 1 atom stereocenters. The van der Waals surface area contributed by atoms with Crippen molar-refractivity contribution < 1.29 is 9.18 Å². The summed E-state index contributed by atoms with van der Waals surface area (Å²) in [5.41, 5.74) is 2.82. The van der Waals surface area contributed by atoms with Crippen LogP contribution in [0.15, 0.2) is 54.9 Å². The Morgan fingerprint density at radius 2 is 1.83 bits per heavy atom. The minimum absolute atomic E-state index is 0. The molecule has 2 aromatic carbocycles. The number of amides is 1. The Bertz CT molecular complexity index is 926. The Hall–Kier alpha value is -2.15. The molecule has 5 nitrogen and oxygen atoms in total. The third-order valence-corrected chi connectivity index (χ3v) is 5.21. The van der Waals surface area contributed by atoms with Crippen molar-refractivity contribution in [1.82, 2.24) is 20.2 Å². The fourth-order valence-corrected chi connectivity index (χ4v) is 3.66. The molecule has 3 aromatic rings. The van der Waals surface area contributed by atoms with Crippen LogP contribution in [0.5, 0.6) is 0 Å². The summed E-state index contributed by atoms with van der Waals surface area (Å²) in [4.78, 5) is 17.2. The maximum Gasteiger partial charge on any atom is 0.223 e. The minimum atomic E-state index is -0.282. The second-order valence-corrected chi connectivity index (χ2v) is 7.02. The highest BCUT2D eigenvalue weighted by Gasteiger charge is 2.24. The smallest absolute Gasteiger partial charge is 0.223 e. The highest BCUT2D eigenvalue weighted by molar-refractivity contribution is 5.85. The van der Waals surface area contributed by atoms with E-state index in [1.807, 2.05) is 28.8 Å². The minimum Gasteiger partial charge on any atom is -0.347 e. The SMILES string of the molecule is Cl.Cl.O=C(NC(Cn1cnc2ccccc21)c1ccc(F)cc1)C1CCNCC1. The van der Waals surface area contributed by atoms with Crippen LogP contribution in [-0.2, 0) is 11.3 Å². The van der Waals surface area contributed by atoms with Gasteiger partial charge in [-0.15, -0.1) is 24.8 Å². The average molecular weight is 439 g/mol. The number of hydrogen-bond acceptors (Lipinski definition) is 3. The molecule has 1 fully saturated rings. The predicted octanol–water partition coefficient (Wildman–Crippen LogP) is 3.88. The first-order valence-electron chi connectivity index (χ1n) is 9.37. The van der Waals surface area contributed by atoms with E-state index in [4.69, 9.17) is 0 Å². The summed E-state index contributed by atoms with van der Waals surface area (Å²) in [6.07, 6.45) is 3.48. The van der Waals surface area contributed by atoms with E-state index >= 15 is 0 Å². The van der Waals surface area contributed by atoms with Gasteiger partial charge in [-0.25, -0.2) is 9.37 Å². The van der Waals surface area contributed by atoms with Crippen molar-refractivity contribution in [3.63, 3.8) is 0 Å². The lowest BCUT2D eigenvalue weighted by atomic mass is 9.96. The Kier molecular flexibility index (Phi) is 8.44. The summed E-state index contributed by atoms with van der Waals surface area (Å²) in [6, 6.07) is 14.0. The molecule has 2 N–H and O–H groups in total. The molecule has 1 amide bonds. The lowest BCUT2D eigenvalue weighted by Crippen LogP contribution is -2.40. The van der Waals surface area contributed by atoms with E-state index in [0.29, 0.717) is 6.54 Å². The van der Waals surface area contributed by atoms with Crippen molar-refractivity contribution >= 4 is 41.8 Å². The summed E-state index contributed by atoms with van der Waals surface area (Å²) in [5, 5.41) is 6.47. The summed E-state index contributed by atoms with van der Waals surface area (Å²) >= 11 is 0. The molecule has 0 aliphatic carbocycles. The Morgan fingerprint density at radius 1 is 1.14 bits per heavy atom. The molecule has 4 rings (SSSR count). The predicted molar refractivity (Wildman–Crippen MR) is 117 cm³/mol. The maximum atomic E-state index is 13.4. The third kappa shape index (κ3) is 5.47. The zero-order chi connectivity index (χ0) is 18.6. The third-order valence-electron chi connectivity index (χ3n) is 5.21. The van der Waals surface area contributed by atoms with E-state index in [0.717, 1.165) is 42.5 Å². The van der Waals surface area contributed by atoms with Gasteiger partial charge in [0.05, 0.1) is 23.4 Å². The number of rotatable bonds is 5. The number of carbonyl (C=O) groups excluding carboxylic acids is 1. The number of halogens is 3. The fourth-order valence-electron chi connectivity index (χ4n) is 3.66. The van der Waals surface area contributed by atoms with E-state index in [2.05, 4.69) is 15.6 Å². The lowest BCUT2D eigenvalue weighted by Gasteiger charge is -2.26. The Balaban J connectivity index is 0.00000150. The van der Waals surface area contributed by atoms with Crippen molar-refractivity contribution in [2.45, 2.75) is 25.4 Å². The summed E-state index contributed by atoms with van der Waals surface area (Å²) in [5.74, 6) is -0.195. The standard InChI is InChI=1S/C21H23FN4O.2ClH/c22-17-7-5-15(6-8-17)19(25-21(27)16-9-11-23-12-10-16)13-26-14-24-18-3-1-2-4-20(18)26;;/h1-8,14,16,19,23H,9-13H2,(H,25,27);2*1H. The Morgan fingerprint density at radius 3 is 2.55 bits per heavy atom. The summed E-state index contributed by atoms with van der Waals surface area (Å²) in [7, 11) is 0. The molecule has 0 bridgehead atoms. The number of nitrogens with one attached hydrogen (secondary N) is 2. The number of benzene rings is 2. The van der Waals surface area contributed by atoms with Crippen molar-refractivity contribution in [2.24, 2.45) is 5.92 Å². The first-order chi connectivity index (χ1) is 13.2. The normalized spacial score (nSPS) is 15.2. The monoisotopic (exact) mass is 438 g/mol. The topological polar surface area (TPSA) is 59.0 Å². The number of hydrogen-bond donors (Lipinski definition) is 2. The van der Waals surface area contributed by atoms with Gasteiger partial charge in [-0.05, 0) is 55.8 Å². The number of nitrogens with zero attached hydrogens (tertiary/aromatic N) is 2. The molecular weight excluding hydrogens is 414 g/mol. The largest absolute Gasteiger partial charge is 0.347 e.